The van der Waals surface area contributed by atoms with Gasteiger partial charge in [-0.1, -0.05) is 6.42 Å². The monoisotopic (exact) mass is 437 g/mol. The summed E-state index contributed by atoms with van der Waals surface area (Å²) in [6.45, 7) is 5.01. The standard InChI is InChI=1S/C22H27N7O3/c1-3-23-21(32)28-10-14-16(11-28)24-12-25-18(14)26-15-9-13(2)17-19(30)27-22(29(17)20(15)31)7-5-4-6-8-22/h9,12H,3-8,10-11H2,1-2H3,(H,23,32)(H,27,30)(H,24,25,26). The van der Waals surface area contributed by atoms with Crippen LogP contribution in [0.15, 0.2) is 17.2 Å². The van der Waals surface area contributed by atoms with E-state index in [0.717, 1.165) is 48.9 Å². The maximum atomic E-state index is 13.6. The van der Waals surface area contributed by atoms with E-state index in [0.29, 0.717) is 36.8 Å². The van der Waals surface area contributed by atoms with Crippen molar-refractivity contribution in [2.24, 2.45) is 0 Å². The number of hydrogen-bond donors (Lipinski definition) is 3. The third kappa shape index (κ3) is 3.12. The summed E-state index contributed by atoms with van der Waals surface area (Å²) in [5.74, 6) is 0.322. The Morgan fingerprint density at radius 3 is 2.72 bits per heavy atom. The van der Waals surface area contributed by atoms with Crippen LogP contribution in [-0.4, -0.2) is 37.9 Å². The number of nitrogens with one attached hydrogen (secondary N) is 3. The molecule has 0 unspecified atom stereocenters. The van der Waals surface area contributed by atoms with Gasteiger partial charge in [-0.25, -0.2) is 14.8 Å². The summed E-state index contributed by atoms with van der Waals surface area (Å²) in [7, 11) is 0. The van der Waals surface area contributed by atoms with Crippen molar-refractivity contribution in [1.29, 1.82) is 0 Å². The first-order chi connectivity index (χ1) is 15.4. The maximum absolute atomic E-state index is 13.6. The van der Waals surface area contributed by atoms with Crippen LogP contribution in [-0.2, 0) is 18.8 Å². The largest absolute Gasteiger partial charge is 0.338 e. The smallest absolute Gasteiger partial charge is 0.318 e. The molecule has 1 aliphatic carbocycles. The van der Waals surface area contributed by atoms with Crippen LogP contribution in [0.5, 0.6) is 0 Å². The zero-order valence-corrected chi connectivity index (χ0v) is 18.3. The molecule has 0 radical (unpaired) electrons. The fraction of sp³-hybridized carbons (Fsp3) is 0.500. The number of amides is 3. The Balaban J connectivity index is 1.52. The Morgan fingerprint density at radius 2 is 1.97 bits per heavy atom. The summed E-state index contributed by atoms with van der Waals surface area (Å²) in [4.78, 5) is 48.9. The molecule has 4 heterocycles. The third-order valence-electron chi connectivity index (χ3n) is 6.65. The van der Waals surface area contributed by atoms with E-state index >= 15 is 0 Å². The highest BCUT2D eigenvalue weighted by molar-refractivity contribution is 5.97. The molecule has 5 rings (SSSR count). The van der Waals surface area contributed by atoms with Crippen molar-refractivity contribution >= 4 is 23.4 Å². The number of fused-ring (bicyclic) bond motifs is 3. The van der Waals surface area contributed by atoms with Gasteiger partial charge in [-0.2, -0.15) is 0 Å². The number of aryl methyl sites for hydroxylation is 1. The van der Waals surface area contributed by atoms with Gasteiger partial charge in [-0.15, -0.1) is 0 Å². The molecule has 0 atom stereocenters. The lowest BCUT2D eigenvalue weighted by Gasteiger charge is -2.35. The van der Waals surface area contributed by atoms with Crippen molar-refractivity contribution in [2.75, 3.05) is 11.9 Å². The molecule has 10 nitrogen and oxygen atoms in total. The van der Waals surface area contributed by atoms with Crippen LogP contribution < -0.4 is 21.5 Å². The molecule has 0 aromatic carbocycles. The van der Waals surface area contributed by atoms with Crippen molar-refractivity contribution in [3.63, 3.8) is 0 Å². The Bertz CT molecular complexity index is 1170. The summed E-state index contributed by atoms with van der Waals surface area (Å²) < 4.78 is 1.66. The van der Waals surface area contributed by atoms with Crippen molar-refractivity contribution in [1.82, 2.24) is 30.1 Å². The molecule has 3 N–H and O–H groups in total. The molecule has 2 aromatic heterocycles. The van der Waals surface area contributed by atoms with E-state index in [9.17, 15) is 14.4 Å². The van der Waals surface area contributed by atoms with E-state index in [-0.39, 0.29) is 17.5 Å². The number of aromatic nitrogens is 3. The van der Waals surface area contributed by atoms with Crippen molar-refractivity contribution in [3.8, 4) is 0 Å². The van der Waals surface area contributed by atoms with Gasteiger partial charge in [0.2, 0.25) is 0 Å². The van der Waals surface area contributed by atoms with Gasteiger partial charge in [0.05, 0.1) is 18.8 Å². The zero-order valence-electron chi connectivity index (χ0n) is 18.3. The van der Waals surface area contributed by atoms with Crippen molar-refractivity contribution in [2.45, 2.75) is 64.7 Å². The van der Waals surface area contributed by atoms with Gasteiger partial charge in [-0.3, -0.25) is 14.2 Å². The number of pyridine rings is 1. The second-order valence-electron chi connectivity index (χ2n) is 8.74. The van der Waals surface area contributed by atoms with Gasteiger partial charge in [0.1, 0.15) is 29.2 Å². The predicted octanol–water partition coefficient (Wildman–Crippen LogP) is 2.10. The quantitative estimate of drug-likeness (QED) is 0.676. The van der Waals surface area contributed by atoms with E-state index in [2.05, 4.69) is 25.9 Å². The highest BCUT2D eigenvalue weighted by atomic mass is 16.2. The molecule has 3 amide bonds. The average molecular weight is 438 g/mol. The summed E-state index contributed by atoms with van der Waals surface area (Å²) in [5.41, 5.74) is 2.21. The fourth-order valence-corrected chi connectivity index (χ4v) is 5.16. The molecule has 10 heteroatoms. The average Bonchev–Trinajstić information content (AvgIpc) is 3.33. The van der Waals surface area contributed by atoms with Crippen LogP contribution in [0.3, 0.4) is 0 Å². The molecule has 32 heavy (non-hydrogen) atoms. The van der Waals surface area contributed by atoms with Crippen LogP contribution in [0.1, 0.15) is 66.3 Å². The Kier molecular flexibility index (Phi) is 4.87. The van der Waals surface area contributed by atoms with Gasteiger partial charge < -0.3 is 20.9 Å². The summed E-state index contributed by atoms with van der Waals surface area (Å²) in [5, 5.41) is 9.09. The summed E-state index contributed by atoms with van der Waals surface area (Å²) in [6.07, 6.45) is 5.98. The predicted molar refractivity (Wildman–Crippen MR) is 118 cm³/mol. The minimum atomic E-state index is -0.646. The zero-order chi connectivity index (χ0) is 22.5. The van der Waals surface area contributed by atoms with Gasteiger partial charge in [-0.05, 0) is 51.2 Å². The van der Waals surface area contributed by atoms with Crippen LogP contribution in [0.2, 0.25) is 0 Å². The van der Waals surface area contributed by atoms with Gasteiger partial charge >= 0.3 is 6.03 Å². The molecule has 1 saturated carbocycles. The highest BCUT2D eigenvalue weighted by Gasteiger charge is 2.45. The van der Waals surface area contributed by atoms with E-state index < -0.39 is 5.66 Å². The van der Waals surface area contributed by atoms with Crippen LogP contribution in [0.4, 0.5) is 16.3 Å². The first kappa shape index (κ1) is 20.5. The molecule has 3 aliphatic rings. The topological polar surface area (TPSA) is 121 Å². The molecule has 2 aliphatic heterocycles. The Labute approximate surface area is 185 Å². The van der Waals surface area contributed by atoms with E-state index in [1.165, 1.54) is 6.33 Å². The normalized spacial score (nSPS) is 18.3. The number of urea groups is 1. The second-order valence-corrected chi connectivity index (χ2v) is 8.74. The number of carbonyl (C=O) groups excluding carboxylic acids is 2. The van der Waals surface area contributed by atoms with Crippen LogP contribution in [0, 0.1) is 6.92 Å². The lowest BCUT2D eigenvalue weighted by molar-refractivity contribution is 0.0876. The van der Waals surface area contributed by atoms with E-state index in [1.807, 2.05) is 13.8 Å². The number of carbonyl (C=O) groups is 2. The van der Waals surface area contributed by atoms with Crippen molar-refractivity contribution in [3.05, 3.63) is 45.3 Å². The fourth-order valence-electron chi connectivity index (χ4n) is 5.16. The van der Waals surface area contributed by atoms with Gasteiger partial charge in [0, 0.05) is 12.1 Å². The molecule has 0 saturated heterocycles. The molecule has 1 fully saturated rings. The lowest BCUT2D eigenvalue weighted by Crippen LogP contribution is -2.48. The number of nitrogens with zero attached hydrogens (tertiary/aromatic N) is 4. The molecule has 0 bridgehead atoms. The van der Waals surface area contributed by atoms with Crippen LogP contribution >= 0.6 is 0 Å². The van der Waals surface area contributed by atoms with Gasteiger partial charge in [0.25, 0.3) is 11.5 Å². The Hall–Kier alpha value is -3.43. The Morgan fingerprint density at radius 1 is 1.19 bits per heavy atom. The van der Waals surface area contributed by atoms with E-state index in [4.69, 9.17) is 0 Å². The molecule has 2 aromatic rings. The first-order valence-corrected chi connectivity index (χ1v) is 11.2. The lowest BCUT2D eigenvalue weighted by atomic mass is 9.89. The molecule has 168 valence electrons. The minimum absolute atomic E-state index is 0.159. The molecular formula is C22H27N7O3. The molecule has 1 spiro atoms. The maximum Gasteiger partial charge on any atom is 0.318 e. The number of anilines is 2. The van der Waals surface area contributed by atoms with Crippen molar-refractivity contribution < 1.29 is 9.59 Å². The summed E-state index contributed by atoms with van der Waals surface area (Å²) in [6, 6.07) is 1.55. The first-order valence-electron chi connectivity index (χ1n) is 11.2. The summed E-state index contributed by atoms with van der Waals surface area (Å²) >= 11 is 0. The number of rotatable bonds is 3. The minimum Gasteiger partial charge on any atom is -0.338 e. The highest BCUT2D eigenvalue weighted by Crippen LogP contribution is 2.37. The molecular weight excluding hydrogens is 410 g/mol. The number of hydrogen-bond acceptors (Lipinski definition) is 6. The van der Waals surface area contributed by atoms with E-state index in [1.54, 1.807) is 15.5 Å². The third-order valence-corrected chi connectivity index (χ3v) is 6.65. The van der Waals surface area contributed by atoms with Gasteiger partial charge in [0.15, 0.2) is 0 Å². The van der Waals surface area contributed by atoms with Crippen LogP contribution in [0.25, 0.3) is 0 Å². The SMILES string of the molecule is CCNC(=O)N1Cc2ncnc(Nc3cc(C)c4n(c3=O)C3(CCCCC3)NC4=O)c2C1. The second kappa shape index (κ2) is 7.61.